The molecule has 0 saturated carbocycles. The molecule has 0 aromatic carbocycles. The first-order chi connectivity index (χ1) is 8.81. The van der Waals surface area contributed by atoms with Crippen molar-refractivity contribution >= 4 is 5.82 Å². The number of aryl methyl sites for hydroxylation is 1. The van der Waals surface area contributed by atoms with E-state index < -0.39 is 0 Å². The van der Waals surface area contributed by atoms with Gasteiger partial charge in [-0.1, -0.05) is 0 Å². The molecule has 0 amide bonds. The fourth-order valence-corrected chi connectivity index (χ4v) is 3.72. The lowest BCUT2D eigenvalue weighted by Gasteiger charge is -2.21. The molecular weight excluding hydrogens is 226 g/mol. The van der Waals surface area contributed by atoms with Crippen molar-refractivity contribution in [2.45, 2.75) is 63.1 Å². The number of nitrogens with zero attached hydrogens (tertiary/aromatic N) is 2. The number of rotatable bonds is 1. The van der Waals surface area contributed by atoms with Crippen molar-refractivity contribution in [2.75, 3.05) is 5.73 Å². The highest BCUT2D eigenvalue weighted by Crippen LogP contribution is 2.43. The average molecular weight is 245 g/mol. The number of aromatic nitrogens is 2. The summed E-state index contributed by atoms with van der Waals surface area (Å²) in [4.78, 5) is 9.38. The van der Waals surface area contributed by atoms with Gasteiger partial charge in [0.2, 0.25) is 0 Å². The van der Waals surface area contributed by atoms with E-state index in [9.17, 15) is 0 Å². The number of nitrogens with two attached hydrogens (primary N) is 1. The third kappa shape index (κ3) is 1.55. The molecule has 96 valence electrons. The van der Waals surface area contributed by atoms with Crippen LogP contribution in [0, 0.1) is 0 Å². The fourth-order valence-electron chi connectivity index (χ4n) is 3.72. The Balaban J connectivity index is 1.71. The van der Waals surface area contributed by atoms with Crippen molar-refractivity contribution in [2.24, 2.45) is 0 Å². The molecule has 0 radical (unpaired) electrons. The van der Waals surface area contributed by atoms with Crippen molar-refractivity contribution < 1.29 is 4.74 Å². The van der Waals surface area contributed by atoms with Crippen LogP contribution in [0.3, 0.4) is 0 Å². The third-order valence-corrected chi connectivity index (χ3v) is 4.67. The summed E-state index contributed by atoms with van der Waals surface area (Å²) in [6.45, 7) is 0. The highest BCUT2D eigenvalue weighted by molar-refractivity contribution is 5.44. The zero-order valence-electron chi connectivity index (χ0n) is 10.6. The minimum atomic E-state index is 0.344. The lowest BCUT2D eigenvalue weighted by molar-refractivity contribution is 0.0998. The Bertz CT molecular complexity index is 488. The lowest BCUT2D eigenvalue weighted by Crippen LogP contribution is -2.20. The second-order valence-corrected chi connectivity index (χ2v) is 5.82. The van der Waals surface area contributed by atoms with E-state index in [1.807, 2.05) is 0 Å². The van der Waals surface area contributed by atoms with Crippen LogP contribution in [-0.2, 0) is 17.6 Å². The summed E-state index contributed by atoms with van der Waals surface area (Å²) >= 11 is 0. The summed E-state index contributed by atoms with van der Waals surface area (Å²) in [5, 5.41) is 0. The molecule has 4 nitrogen and oxygen atoms in total. The molecule has 4 rings (SSSR count). The molecule has 2 aliphatic heterocycles. The predicted octanol–water partition coefficient (Wildman–Crippen LogP) is 1.97. The van der Waals surface area contributed by atoms with Gasteiger partial charge in [-0.15, -0.1) is 0 Å². The van der Waals surface area contributed by atoms with Crippen molar-refractivity contribution in [3.8, 4) is 0 Å². The molecule has 1 aliphatic carbocycles. The first-order valence-electron chi connectivity index (χ1n) is 7.12. The van der Waals surface area contributed by atoms with Crippen molar-refractivity contribution in [3.05, 3.63) is 17.1 Å². The van der Waals surface area contributed by atoms with Crippen LogP contribution in [0.25, 0.3) is 0 Å². The van der Waals surface area contributed by atoms with Gasteiger partial charge in [-0.3, -0.25) is 0 Å². The van der Waals surface area contributed by atoms with E-state index in [2.05, 4.69) is 4.98 Å². The van der Waals surface area contributed by atoms with Crippen LogP contribution in [-0.4, -0.2) is 22.2 Å². The van der Waals surface area contributed by atoms with E-state index in [4.69, 9.17) is 15.5 Å². The van der Waals surface area contributed by atoms with Gasteiger partial charge in [0, 0.05) is 17.2 Å². The zero-order valence-corrected chi connectivity index (χ0v) is 10.6. The molecule has 1 aromatic rings. The minimum Gasteiger partial charge on any atom is -0.383 e. The Labute approximate surface area is 107 Å². The molecule has 3 aliphatic rings. The van der Waals surface area contributed by atoms with E-state index in [0.717, 1.165) is 37.3 Å². The number of hydrogen-bond donors (Lipinski definition) is 1. The standard InChI is InChI=1S/C14H19N3O/c15-13-9-3-1-2-4-11(9)16-14(17-13)10-7-8-5-6-12(10)18-8/h8,10,12H,1-7H2,(H2,15,16,17). The predicted molar refractivity (Wildman–Crippen MR) is 68.3 cm³/mol. The van der Waals surface area contributed by atoms with Gasteiger partial charge in [0.25, 0.3) is 0 Å². The summed E-state index contributed by atoms with van der Waals surface area (Å²) in [7, 11) is 0. The van der Waals surface area contributed by atoms with Gasteiger partial charge in [0.15, 0.2) is 0 Å². The molecule has 2 saturated heterocycles. The van der Waals surface area contributed by atoms with E-state index in [1.165, 1.54) is 30.5 Å². The quantitative estimate of drug-likeness (QED) is 0.821. The molecule has 2 bridgehead atoms. The topological polar surface area (TPSA) is 61.0 Å². The summed E-state index contributed by atoms with van der Waals surface area (Å²) in [5.74, 6) is 2.05. The Morgan fingerprint density at radius 3 is 2.78 bits per heavy atom. The molecule has 1 aromatic heterocycles. The van der Waals surface area contributed by atoms with Gasteiger partial charge >= 0.3 is 0 Å². The summed E-state index contributed by atoms with van der Waals surface area (Å²) in [6.07, 6.45) is 8.82. The van der Waals surface area contributed by atoms with E-state index in [1.54, 1.807) is 0 Å². The highest BCUT2D eigenvalue weighted by Gasteiger charge is 2.43. The lowest BCUT2D eigenvalue weighted by atomic mass is 9.88. The molecule has 3 atom stereocenters. The fraction of sp³-hybridized carbons (Fsp3) is 0.714. The second kappa shape index (κ2) is 3.92. The molecule has 3 heterocycles. The highest BCUT2D eigenvalue weighted by atomic mass is 16.5. The first-order valence-corrected chi connectivity index (χ1v) is 7.12. The molecule has 3 unspecified atom stereocenters. The number of fused-ring (bicyclic) bond motifs is 3. The maximum Gasteiger partial charge on any atom is 0.136 e. The average Bonchev–Trinajstić information content (AvgIpc) is 3.01. The van der Waals surface area contributed by atoms with E-state index in [0.29, 0.717) is 18.1 Å². The molecule has 2 N–H and O–H groups in total. The van der Waals surface area contributed by atoms with Crippen LogP contribution < -0.4 is 5.73 Å². The summed E-state index contributed by atoms with van der Waals surface area (Å²) < 4.78 is 5.90. The van der Waals surface area contributed by atoms with Crippen LogP contribution in [0.2, 0.25) is 0 Å². The Hall–Kier alpha value is -1.16. The van der Waals surface area contributed by atoms with Crippen LogP contribution in [0.15, 0.2) is 0 Å². The summed E-state index contributed by atoms with van der Waals surface area (Å²) in [5.41, 5.74) is 8.52. The maximum atomic E-state index is 6.12. The molecule has 2 fully saturated rings. The summed E-state index contributed by atoms with van der Waals surface area (Å²) in [6, 6.07) is 0. The van der Waals surface area contributed by atoms with Gasteiger partial charge in [0.1, 0.15) is 11.6 Å². The van der Waals surface area contributed by atoms with Crippen LogP contribution >= 0.6 is 0 Å². The molecule has 4 heteroatoms. The van der Waals surface area contributed by atoms with Crippen molar-refractivity contribution in [3.63, 3.8) is 0 Å². The second-order valence-electron chi connectivity index (χ2n) is 5.82. The SMILES string of the molecule is Nc1nc(C2CC3CCC2O3)nc2c1CCCC2. The maximum absolute atomic E-state index is 6.12. The number of anilines is 1. The molecule has 0 spiro atoms. The number of nitrogen functional groups attached to an aromatic ring is 1. The van der Waals surface area contributed by atoms with Crippen LogP contribution in [0.1, 0.15) is 55.1 Å². The van der Waals surface area contributed by atoms with Crippen LogP contribution in [0.5, 0.6) is 0 Å². The van der Waals surface area contributed by atoms with Gasteiger partial charge in [-0.25, -0.2) is 9.97 Å². The molecule has 18 heavy (non-hydrogen) atoms. The van der Waals surface area contributed by atoms with Crippen molar-refractivity contribution in [1.82, 2.24) is 9.97 Å². The normalized spacial score (nSPS) is 33.7. The first kappa shape index (κ1) is 10.7. The Morgan fingerprint density at radius 1 is 1.11 bits per heavy atom. The smallest absolute Gasteiger partial charge is 0.136 e. The zero-order chi connectivity index (χ0) is 12.1. The van der Waals surface area contributed by atoms with E-state index >= 15 is 0 Å². The van der Waals surface area contributed by atoms with Gasteiger partial charge in [-0.2, -0.15) is 0 Å². The largest absolute Gasteiger partial charge is 0.383 e. The number of ether oxygens (including phenoxy) is 1. The van der Waals surface area contributed by atoms with Crippen molar-refractivity contribution in [1.29, 1.82) is 0 Å². The Kier molecular flexibility index (Phi) is 2.34. The van der Waals surface area contributed by atoms with Gasteiger partial charge in [0.05, 0.1) is 12.2 Å². The van der Waals surface area contributed by atoms with E-state index in [-0.39, 0.29) is 0 Å². The Morgan fingerprint density at radius 2 is 2.00 bits per heavy atom. The third-order valence-electron chi connectivity index (χ3n) is 4.67. The van der Waals surface area contributed by atoms with Gasteiger partial charge in [-0.05, 0) is 44.9 Å². The number of hydrogen-bond acceptors (Lipinski definition) is 4. The monoisotopic (exact) mass is 245 g/mol. The molecular formula is C14H19N3O. The minimum absolute atomic E-state index is 0.344. The van der Waals surface area contributed by atoms with Gasteiger partial charge < -0.3 is 10.5 Å². The van der Waals surface area contributed by atoms with Crippen LogP contribution in [0.4, 0.5) is 5.82 Å².